The van der Waals surface area contributed by atoms with Crippen molar-refractivity contribution in [1.29, 1.82) is 0 Å². The Bertz CT molecular complexity index is 1400. The lowest BCUT2D eigenvalue weighted by atomic mass is 10.1. The van der Waals surface area contributed by atoms with E-state index in [1.807, 2.05) is 0 Å². The summed E-state index contributed by atoms with van der Waals surface area (Å²) in [5.41, 5.74) is -1.32. The highest BCUT2D eigenvalue weighted by Gasteiger charge is 2.31. The number of hydrogen-bond acceptors (Lipinski definition) is 4. The first-order chi connectivity index (χ1) is 16.6. The fourth-order valence-electron chi connectivity index (χ4n) is 3.86. The summed E-state index contributed by atoms with van der Waals surface area (Å²) in [5, 5.41) is 12.6. The van der Waals surface area contributed by atoms with Crippen molar-refractivity contribution in [1.82, 2.24) is 14.8 Å². The van der Waals surface area contributed by atoms with Crippen LogP contribution in [-0.2, 0) is 19.6 Å². The number of nitrogens with one attached hydrogen (secondary N) is 1. The summed E-state index contributed by atoms with van der Waals surface area (Å²) in [5.74, 6) is -6.71. The van der Waals surface area contributed by atoms with Gasteiger partial charge < -0.3 is 19.9 Å². The molecule has 4 rings (SSSR count). The van der Waals surface area contributed by atoms with Crippen molar-refractivity contribution in [3.8, 4) is 5.75 Å². The molecule has 182 valence electrons. The zero-order valence-corrected chi connectivity index (χ0v) is 18.4. The van der Waals surface area contributed by atoms with Gasteiger partial charge in [-0.15, -0.1) is 0 Å². The van der Waals surface area contributed by atoms with Crippen LogP contribution in [0.4, 0.5) is 17.6 Å². The van der Waals surface area contributed by atoms with Crippen molar-refractivity contribution in [2.24, 2.45) is 0 Å². The number of halogens is 4. The average molecular weight is 489 g/mol. The average Bonchev–Trinajstić information content (AvgIpc) is 2.79. The number of benzene rings is 2. The van der Waals surface area contributed by atoms with Gasteiger partial charge in [0.1, 0.15) is 28.8 Å². The summed E-state index contributed by atoms with van der Waals surface area (Å²) in [6, 6.07) is 5.07. The van der Waals surface area contributed by atoms with Crippen LogP contribution in [0.15, 0.2) is 41.3 Å². The Morgan fingerprint density at radius 1 is 1.03 bits per heavy atom. The molecule has 0 aliphatic carbocycles. The molecule has 0 fully saturated rings. The monoisotopic (exact) mass is 489 g/mol. The van der Waals surface area contributed by atoms with Crippen LogP contribution >= 0.6 is 0 Å². The van der Waals surface area contributed by atoms with E-state index in [-0.39, 0.29) is 25.3 Å². The van der Waals surface area contributed by atoms with Gasteiger partial charge >= 0.3 is 0 Å². The number of amides is 2. The smallest absolute Gasteiger partial charge is 0.274 e. The quantitative estimate of drug-likeness (QED) is 0.539. The molecule has 2 aromatic carbocycles. The second-order valence-electron chi connectivity index (χ2n) is 8.09. The van der Waals surface area contributed by atoms with Crippen molar-refractivity contribution < 1.29 is 32.3 Å². The van der Waals surface area contributed by atoms with Gasteiger partial charge in [0.15, 0.2) is 11.4 Å². The maximum Gasteiger partial charge on any atom is 0.274 e. The molecule has 0 atom stereocenters. The van der Waals surface area contributed by atoms with Crippen molar-refractivity contribution in [3.05, 3.63) is 98.0 Å². The second-order valence-corrected chi connectivity index (χ2v) is 8.09. The number of aromatic nitrogens is 1. The Hall–Kier alpha value is -4.15. The molecule has 2 heterocycles. The lowest BCUT2D eigenvalue weighted by Gasteiger charge is -2.31. The molecular formula is C24H19F4N3O4. The highest BCUT2D eigenvalue weighted by Crippen LogP contribution is 2.23. The Kier molecular flexibility index (Phi) is 6.33. The lowest BCUT2D eigenvalue weighted by molar-refractivity contribution is 0.0681. The highest BCUT2D eigenvalue weighted by molar-refractivity contribution is 5.99. The van der Waals surface area contributed by atoms with E-state index in [9.17, 15) is 37.1 Å². The zero-order valence-electron chi connectivity index (χ0n) is 18.4. The lowest BCUT2D eigenvalue weighted by Crippen LogP contribution is -2.42. The Labute approximate surface area is 196 Å². The van der Waals surface area contributed by atoms with Crippen LogP contribution in [0.2, 0.25) is 0 Å². The number of carbonyl (C=O) groups excluding carboxylic acids is 2. The van der Waals surface area contributed by atoms with E-state index >= 15 is 0 Å². The van der Waals surface area contributed by atoms with E-state index in [4.69, 9.17) is 0 Å². The number of nitrogens with zero attached hydrogens (tertiary/aromatic N) is 2. The van der Waals surface area contributed by atoms with Crippen LogP contribution in [0.5, 0.6) is 5.75 Å². The number of aryl methyl sites for hydroxylation is 1. The van der Waals surface area contributed by atoms with E-state index in [1.165, 1.54) is 21.6 Å². The SMILES string of the molecule is Cc1ccc(F)cc1CN1CCn2cc(C(=O)NCc3c(F)cc(F)cc3F)c(=O)c(O)c2C1=O. The van der Waals surface area contributed by atoms with E-state index in [0.717, 1.165) is 11.8 Å². The van der Waals surface area contributed by atoms with Crippen LogP contribution in [-0.4, -0.2) is 32.9 Å². The molecular weight excluding hydrogens is 470 g/mol. The third-order valence-corrected chi connectivity index (χ3v) is 5.81. The van der Waals surface area contributed by atoms with Crippen LogP contribution in [0.25, 0.3) is 0 Å². The van der Waals surface area contributed by atoms with Gasteiger partial charge in [-0.3, -0.25) is 14.4 Å². The van der Waals surface area contributed by atoms with Crippen LogP contribution in [0.1, 0.15) is 37.5 Å². The minimum absolute atomic E-state index is 0.0487. The molecule has 7 nitrogen and oxygen atoms in total. The van der Waals surface area contributed by atoms with Crippen LogP contribution in [0.3, 0.4) is 0 Å². The second kappa shape index (κ2) is 9.24. The van der Waals surface area contributed by atoms with Crippen molar-refractivity contribution in [3.63, 3.8) is 0 Å². The number of fused-ring (bicyclic) bond motifs is 1. The summed E-state index contributed by atoms with van der Waals surface area (Å²) in [6.45, 7) is 1.39. The number of aromatic hydroxyl groups is 1. The standard InChI is InChI=1S/C24H19F4N3O4/c1-12-2-3-14(25)6-13(12)10-31-5-4-30-11-17(21(32)22(33)20(30)24(31)35)23(34)29-9-16-18(27)7-15(26)8-19(16)28/h2-3,6-8,11,33H,4-5,9-10H2,1H3,(H,29,34). The summed E-state index contributed by atoms with van der Waals surface area (Å²) >= 11 is 0. The first-order valence-corrected chi connectivity index (χ1v) is 10.5. The molecule has 11 heteroatoms. The van der Waals surface area contributed by atoms with Gasteiger partial charge in [0.2, 0.25) is 5.43 Å². The van der Waals surface area contributed by atoms with Gasteiger partial charge in [0.25, 0.3) is 11.8 Å². The minimum atomic E-state index is -1.22. The van der Waals surface area contributed by atoms with Crippen molar-refractivity contribution in [2.45, 2.75) is 26.6 Å². The normalized spacial score (nSPS) is 13.1. The Morgan fingerprint density at radius 2 is 1.71 bits per heavy atom. The molecule has 0 spiro atoms. The molecule has 0 bridgehead atoms. The predicted octanol–water partition coefficient (Wildman–Crippen LogP) is 3.00. The number of carbonyl (C=O) groups is 2. The summed E-state index contributed by atoms with van der Waals surface area (Å²) in [7, 11) is 0. The van der Waals surface area contributed by atoms with Crippen molar-refractivity contribution >= 4 is 11.8 Å². The third-order valence-electron chi connectivity index (χ3n) is 5.81. The summed E-state index contributed by atoms with van der Waals surface area (Å²) in [6.07, 6.45) is 1.08. The van der Waals surface area contributed by atoms with Crippen molar-refractivity contribution in [2.75, 3.05) is 6.54 Å². The van der Waals surface area contributed by atoms with Crippen LogP contribution in [0, 0.1) is 30.2 Å². The topological polar surface area (TPSA) is 91.6 Å². The van der Waals surface area contributed by atoms with Gasteiger partial charge in [-0.1, -0.05) is 6.07 Å². The maximum absolute atomic E-state index is 13.8. The van der Waals surface area contributed by atoms with Gasteiger partial charge in [-0.25, -0.2) is 17.6 Å². The molecule has 3 aromatic rings. The fraction of sp³-hybridized carbons (Fsp3) is 0.208. The third kappa shape index (κ3) is 4.61. The molecule has 0 saturated carbocycles. The minimum Gasteiger partial charge on any atom is -0.503 e. The van der Waals surface area contributed by atoms with Gasteiger partial charge in [0, 0.05) is 50.1 Å². The van der Waals surface area contributed by atoms with E-state index in [0.29, 0.717) is 17.7 Å². The predicted molar refractivity (Wildman–Crippen MR) is 116 cm³/mol. The molecule has 1 aliphatic heterocycles. The fourth-order valence-corrected chi connectivity index (χ4v) is 3.86. The van der Waals surface area contributed by atoms with E-state index < -0.39 is 63.9 Å². The molecule has 2 amide bonds. The Balaban J connectivity index is 1.57. The first-order valence-electron chi connectivity index (χ1n) is 10.5. The number of hydrogen-bond donors (Lipinski definition) is 2. The summed E-state index contributed by atoms with van der Waals surface area (Å²) in [4.78, 5) is 39.5. The molecule has 0 unspecified atom stereocenters. The zero-order chi connectivity index (χ0) is 25.4. The number of rotatable bonds is 5. The van der Waals surface area contributed by atoms with Gasteiger partial charge in [-0.05, 0) is 30.2 Å². The Morgan fingerprint density at radius 3 is 2.40 bits per heavy atom. The molecule has 2 N–H and O–H groups in total. The van der Waals surface area contributed by atoms with Crippen LogP contribution < -0.4 is 10.7 Å². The summed E-state index contributed by atoms with van der Waals surface area (Å²) < 4.78 is 55.6. The molecule has 0 radical (unpaired) electrons. The maximum atomic E-state index is 13.8. The number of pyridine rings is 1. The van der Waals surface area contributed by atoms with Gasteiger partial charge in [-0.2, -0.15) is 0 Å². The van der Waals surface area contributed by atoms with E-state index in [1.54, 1.807) is 13.0 Å². The van der Waals surface area contributed by atoms with Gasteiger partial charge in [0.05, 0.1) is 0 Å². The molecule has 1 aromatic heterocycles. The van der Waals surface area contributed by atoms with E-state index in [2.05, 4.69) is 5.32 Å². The largest absolute Gasteiger partial charge is 0.503 e. The molecule has 35 heavy (non-hydrogen) atoms. The molecule has 1 aliphatic rings. The highest BCUT2D eigenvalue weighted by atomic mass is 19.1. The molecule has 0 saturated heterocycles. The first kappa shape index (κ1) is 24.0.